The van der Waals surface area contributed by atoms with Crippen molar-refractivity contribution in [2.75, 3.05) is 6.54 Å². The highest BCUT2D eigenvalue weighted by atomic mass is 35.5. The fourth-order valence-electron chi connectivity index (χ4n) is 4.11. The highest BCUT2D eigenvalue weighted by molar-refractivity contribution is 6.34. The first kappa shape index (κ1) is 25.8. The van der Waals surface area contributed by atoms with Gasteiger partial charge in [-0.05, 0) is 53.8 Å². The highest BCUT2D eigenvalue weighted by Gasteiger charge is 2.25. The average Bonchev–Trinajstić information content (AvgIpc) is 3.29. The van der Waals surface area contributed by atoms with Gasteiger partial charge in [-0.15, -0.1) is 0 Å². The van der Waals surface area contributed by atoms with Crippen molar-refractivity contribution >= 4 is 28.5 Å². The number of aliphatic hydroxyl groups is 1. The number of carbonyl (C=O) groups excluding carboxylic acids is 1. The third kappa shape index (κ3) is 6.49. The Balaban J connectivity index is 1.49. The van der Waals surface area contributed by atoms with E-state index in [1.54, 1.807) is 24.3 Å². The van der Waals surface area contributed by atoms with Crippen molar-refractivity contribution in [2.45, 2.75) is 38.5 Å². The van der Waals surface area contributed by atoms with Gasteiger partial charge in [0, 0.05) is 24.5 Å². The second-order valence-corrected chi connectivity index (χ2v) is 9.11. The summed E-state index contributed by atoms with van der Waals surface area (Å²) in [5.74, 6) is -2.01. The molecule has 3 aromatic carbocycles. The van der Waals surface area contributed by atoms with Crippen LogP contribution in [0.1, 0.15) is 34.2 Å². The van der Waals surface area contributed by atoms with E-state index in [1.807, 2.05) is 18.2 Å². The fraction of sp³-hybridized carbons (Fsp3) is 0.250. The SMILES string of the molecule is CCc1cccc(CNCC(O)C(Cc2cc(F)cc(F)c2)NC(=O)c2cc3cccc(Cl)c3o2)c1. The Morgan fingerprint density at radius 3 is 2.44 bits per heavy atom. The molecule has 36 heavy (non-hydrogen) atoms. The molecule has 4 aromatic rings. The molecule has 0 radical (unpaired) electrons. The predicted octanol–water partition coefficient (Wildman–Crippen LogP) is 5.42. The van der Waals surface area contributed by atoms with Crippen molar-refractivity contribution in [2.24, 2.45) is 0 Å². The number of aryl methyl sites for hydroxylation is 1. The van der Waals surface area contributed by atoms with Crippen LogP contribution >= 0.6 is 11.6 Å². The van der Waals surface area contributed by atoms with Gasteiger partial charge in [-0.3, -0.25) is 4.79 Å². The number of hydrogen-bond acceptors (Lipinski definition) is 4. The lowest BCUT2D eigenvalue weighted by Crippen LogP contribution is -2.48. The van der Waals surface area contributed by atoms with E-state index in [0.717, 1.165) is 18.1 Å². The Labute approximate surface area is 213 Å². The van der Waals surface area contributed by atoms with E-state index in [1.165, 1.54) is 17.7 Å². The first-order valence-electron chi connectivity index (χ1n) is 11.7. The maximum atomic E-state index is 13.8. The van der Waals surface area contributed by atoms with Gasteiger partial charge in [0.1, 0.15) is 11.6 Å². The molecule has 1 heterocycles. The molecular weight excluding hydrogens is 486 g/mol. The normalized spacial score (nSPS) is 13.0. The third-order valence-corrected chi connectivity index (χ3v) is 6.26. The van der Waals surface area contributed by atoms with Crippen molar-refractivity contribution in [3.8, 4) is 0 Å². The number of rotatable bonds is 10. The number of halogens is 3. The lowest BCUT2D eigenvalue weighted by Gasteiger charge is -2.24. The number of carbonyl (C=O) groups is 1. The average molecular weight is 513 g/mol. The minimum atomic E-state index is -1.05. The molecule has 5 nitrogen and oxygen atoms in total. The van der Waals surface area contributed by atoms with E-state index >= 15 is 0 Å². The van der Waals surface area contributed by atoms with Crippen LogP contribution in [0, 0.1) is 11.6 Å². The molecule has 0 fully saturated rings. The number of hydrogen-bond donors (Lipinski definition) is 3. The predicted molar refractivity (Wildman–Crippen MR) is 136 cm³/mol. The van der Waals surface area contributed by atoms with Gasteiger partial charge in [-0.25, -0.2) is 8.78 Å². The molecule has 0 aliphatic heterocycles. The van der Waals surface area contributed by atoms with Crippen molar-refractivity contribution in [1.29, 1.82) is 0 Å². The standard InChI is InChI=1S/C28H27ClF2N2O3/c1-2-17-5-3-6-18(9-17)15-32-16-25(34)24(12-19-10-21(30)14-22(31)11-19)33-28(35)26-13-20-7-4-8-23(29)27(20)36-26/h3-11,13-14,24-25,32,34H,2,12,15-16H2,1H3,(H,33,35). The lowest BCUT2D eigenvalue weighted by atomic mass is 10.00. The monoisotopic (exact) mass is 512 g/mol. The van der Waals surface area contributed by atoms with Crippen LogP contribution in [0.4, 0.5) is 8.78 Å². The summed E-state index contributed by atoms with van der Waals surface area (Å²) in [5.41, 5.74) is 2.96. The summed E-state index contributed by atoms with van der Waals surface area (Å²) in [4.78, 5) is 13.0. The number of aliphatic hydroxyl groups excluding tert-OH is 1. The number of furan rings is 1. The molecule has 4 rings (SSSR count). The van der Waals surface area contributed by atoms with Crippen LogP contribution < -0.4 is 10.6 Å². The van der Waals surface area contributed by atoms with Crippen LogP contribution in [0.25, 0.3) is 11.0 Å². The van der Waals surface area contributed by atoms with E-state index in [2.05, 4.69) is 23.6 Å². The summed E-state index contributed by atoms with van der Waals surface area (Å²) in [6.07, 6.45) is -0.125. The summed E-state index contributed by atoms with van der Waals surface area (Å²) >= 11 is 6.15. The lowest BCUT2D eigenvalue weighted by molar-refractivity contribution is 0.0806. The Morgan fingerprint density at radius 2 is 1.72 bits per heavy atom. The quantitative estimate of drug-likeness (QED) is 0.265. The van der Waals surface area contributed by atoms with Gasteiger partial charge >= 0.3 is 0 Å². The molecule has 8 heteroatoms. The molecule has 0 saturated carbocycles. The molecule has 2 atom stereocenters. The van der Waals surface area contributed by atoms with Crippen molar-refractivity contribution in [3.63, 3.8) is 0 Å². The third-order valence-electron chi connectivity index (χ3n) is 5.96. The van der Waals surface area contributed by atoms with E-state index in [-0.39, 0.29) is 18.7 Å². The molecule has 0 aliphatic rings. The van der Waals surface area contributed by atoms with E-state index < -0.39 is 29.7 Å². The minimum Gasteiger partial charge on any atom is -0.449 e. The molecule has 1 aromatic heterocycles. The topological polar surface area (TPSA) is 74.5 Å². The Kier molecular flexibility index (Phi) is 8.36. The van der Waals surface area contributed by atoms with Crippen LogP contribution in [-0.2, 0) is 19.4 Å². The van der Waals surface area contributed by atoms with Gasteiger partial charge in [-0.1, -0.05) is 54.9 Å². The first-order valence-corrected chi connectivity index (χ1v) is 12.1. The van der Waals surface area contributed by atoms with Crippen molar-refractivity contribution in [1.82, 2.24) is 10.6 Å². The maximum absolute atomic E-state index is 13.8. The van der Waals surface area contributed by atoms with E-state index in [0.29, 0.717) is 28.1 Å². The minimum absolute atomic E-state index is 0.00950. The maximum Gasteiger partial charge on any atom is 0.287 e. The van der Waals surface area contributed by atoms with Gasteiger partial charge in [0.05, 0.1) is 17.2 Å². The molecule has 0 aliphatic carbocycles. The number of fused-ring (bicyclic) bond motifs is 1. The number of para-hydroxylation sites is 1. The zero-order valence-electron chi connectivity index (χ0n) is 19.7. The molecule has 188 valence electrons. The smallest absolute Gasteiger partial charge is 0.287 e. The Morgan fingerprint density at radius 1 is 1.00 bits per heavy atom. The zero-order chi connectivity index (χ0) is 25.7. The zero-order valence-corrected chi connectivity index (χ0v) is 20.5. The molecule has 0 spiro atoms. The fourth-order valence-corrected chi connectivity index (χ4v) is 4.33. The molecule has 2 unspecified atom stereocenters. The van der Waals surface area contributed by atoms with Crippen LogP contribution in [0.3, 0.4) is 0 Å². The summed E-state index contributed by atoms with van der Waals surface area (Å²) in [5, 5.41) is 17.9. The van der Waals surface area contributed by atoms with E-state index in [4.69, 9.17) is 16.0 Å². The summed E-state index contributed by atoms with van der Waals surface area (Å²) in [7, 11) is 0. The first-order chi connectivity index (χ1) is 17.3. The van der Waals surface area contributed by atoms with Crippen molar-refractivity contribution in [3.05, 3.63) is 106 Å². The molecule has 0 saturated heterocycles. The van der Waals surface area contributed by atoms with Crippen LogP contribution in [-0.4, -0.2) is 29.7 Å². The van der Waals surface area contributed by atoms with Gasteiger partial charge in [0.15, 0.2) is 11.3 Å². The highest BCUT2D eigenvalue weighted by Crippen LogP contribution is 2.26. The Bertz CT molecular complexity index is 1340. The van der Waals surface area contributed by atoms with Crippen molar-refractivity contribution < 1.29 is 23.1 Å². The molecule has 1 amide bonds. The second kappa shape index (κ2) is 11.6. The van der Waals surface area contributed by atoms with Crippen LogP contribution in [0.5, 0.6) is 0 Å². The van der Waals surface area contributed by atoms with E-state index in [9.17, 15) is 18.7 Å². The summed E-state index contributed by atoms with van der Waals surface area (Å²) in [6.45, 7) is 2.74. The van der Waals surface area contributed by atoms with Gasteiger partial charge < -0.3 is 20.2 Å². The Hall–Kier alpha value is -3.26. The summed E-state index contributed by atoms with van der Waals surface area (Å²) in [6, 6.07) is 17.1. The van der Waals surface area contributed by atoms with Gasteiger partial charge in [-0.2, -0.15) is 0 Å². The number of amides is 1. The molecule has 3 N–H and O–H groups in total. The van der Waals surface area contributed by atoms with Crippen LogP contribution in [0.15, 0.2) is 71.1 Å². The largest absolute Gasteiger partial charge is 0.449 e. The molecule has 0 bridgehead atoms. The molecular formula is C28H27ClF2N2O3. The van der Waals surface area contributed by atoms with Gasteiger partial charge in [0.2, 0.25) is 0 Å². The second-order valence-electron chi connectivity index (χ2n) is 8.70. The summed E-state index contributed by atoms with van der Waals surface area (Å²) < 4.78 is 33.2. The van der Waals surface area contributed by atoms with Gasteiger partial charge in [0.25, 0.3) is 5.91 Å². The number of benzene rings is 3. The number of nitrogens with one attached hydrogen (secondary N) is 2. The van der Waals surface area contributed by atoms with Crippen LogP contribution in [0.2, 0.25) is 5.02 Å².